The quantitative estimate of drug-likeness (QED) is 0.183. The van der Waals surface area contributed by atoms with Gasteiger partial charge >= 0.3 is 0 Å². The van der Waals surface area contributed by atoms with E-state index in [1.165, 1.54) is 0 Å². The van der Waals surface area contributed by atoms with E-state index in [0.717, 1.165) is 33.2 Å². The van der Waals surface area contributed by atoms with E-state index in [0.29, 0.717) is 25.8 Å². The molecule has 4 N–H and O–H groups in total. The van der Waals surface area contributed by atoms with Gasteiger partial charge in [0.2, 0.25) is 11.8 Å². The van der Waals surface area contributed by atoms with Crippen molar-refractivity contribution in [1.82, 2.24) is 15.5 Å². The Balaban J connectivity index is 1.14. The number of hydrogen-bond donors (Lipinski definition) is 4. The standard InChI is InChI=1S/C40H47N3O5/c1-40(2,3)43-25-32(48-31-16-5-4-6-17-31)23-35(43)39(47)41-24-30(44)21-29(20-27-15-11-14-26-12-7-9-18-33(26)27)38(46)42-37-34-19-10-8-13-28(34)22-36(37)45/h4-19,29-30,32,35-37,44-45H,20-25H2,1-3H3,(H,41,47)(H,42,46)/t29-,30+,32+,35?,36-,37+/m1/s1. The summed E-state index contributed by atoms with van der Waals surface area (Å²) in [5.41, 5.74) is 2.69. The molecule has 8 heteroatoms. The summed E-state index contributed by atoms with van der Waals surface area (Å²) in [5.74, 6) is -0.214. The summed E-state index contributed by atoms with van der Waals surface area (Å²) in [5, 5.41) is 30.4. The van der Waals surface area contributed by atoms with Gasteiger partial charge in [0.1, 0.15) is 11.9 Å². The maximum Gasteiger partial charge on any atom is 0.237 e. The van der Waals surface area contributed by atoms with E-state index >= 15 is 0 Å². The van der Waals surface area contributed by atoms with Crippen LogP contribution in [0.5, 0.6) is 5.75 Å². The molecule has 1 unspecified atom stereocenters. The molecule has 252 valence electrons. The second-order valence-electron chi connectivity index (χ2n) is 14.3. The number of hydrogen-bond acceptors (Lipinski definition) is 6. The normalized spacial score (nSPS) is 22.2. The minimum absolute atomic E-state index is 0.0196. The van der Waals surface area contributed by atoms with Gasteiger partial charge in [-0.1, -0.05) is 84.9 Å². The van der Waals surface area contributed by atoms with Crippen LogP contribution in [0, 0.1) is 5.92 Å². The van der Waals surface area contributed by atoms with Gasteiger partial charge in [0.05, 0.1) is 24.3 Å². The Bertz CT molecular complexity index is 1720. The Kier molecular flexibility index (Phi) is 10.2. The van der Waals surface area contributed by atoms with Crippen molar-refractivity contribution in [3.63, 3.8) is 0 Å². The van der Waals surface area contributed by atoms with Crippen LogP contribution in [0.25, 0.3) is 10.8 Å². The Morgan fingerprint density at radius 2 is 1.65 bits per heavy atom. The second kappa shape index (κ2) is 14.5. The molecule has 4 aromatic carbocycles. The zero-order chi connectivity index (χ0) is 33.8. The van der Waals surface area contributed by atoms with Gasteiger partial charge in [-0.2, -0.15) is 0 Å². The van der Waals surface area contributed by atoms with E-state index in [1.54, 1.807) is 0 Å². The van der Waals surface area contributed by atoms with E-state index in [9.17, 15) is 19.8 Å². The molecule has 4 aromatic rings. The zero-order valence-electron chi connectivity index (χ0n) is 28.0. The van der Waals surface area contributed by atoms with Crippen molar-refractivity contribution >= 4 is 22.6 Å². The summed E-state index contributed by atoms with van der Waals surface area (Å²) < 4.78 is 6.22. The van der Waals surface area contributed by atoms with Crippen LogP contribution in [-0.2, 0) is 22.4 Å². The molecule has 6 atom stereocenters. The number of aliphatic hydroxyl groups excluding tert-OH is 2. The largest absolute Gasteiger partial charge is 0.489 e. The third-order valence-corrected chi connectivity index (χ3v) is 9.76. The van der Waals surface area contributed by atoms with Crippen molar-refractivity contribution in [2.24, 2.45) is 5.92 Å². The van der Waals surface area contributed by atoms with Crippen LogP contribution in [0.4, 0.5) is 0 Å². The minimum atomic E-state index is -0.957. The van der Waals surface area contributed by atoms with Crippen LogP contribution in [-0.4, -0.2) is 69.9 Å². The first kappa shape index (κ1) is 33.7. The molecule has 2 aliphatic rings. The molecule has 0 aromatic heterocycles. The molecule has 0 saturated carbocycles. The number of nitrogens with zero attached hydrogens (tertiary/aromatic N) is 1. The smallest absolute Gasteiger partial charge is 0.237 e. The SMILES string of the molecule is CC(C)(C)N1C[C@@H](Oc2ccccc2)CC1C(=O)NC[C@@H](O)C[C@@H](Cc1cccc2ccccc12)C(=O)N[C@H]1c2ccccc2C[C@H]1O. The van der Waals surface area contributed by atoms with Gasteiger partial charge in [0.25, 0.3) is 0 Å². The van der Waals surface area contributed by atoms with Crippen molar-refractivity contribution in [3.05, 3.63) is 114 Å². The van der Waals surface area contributed by atoms with Crippen molar-refractivity contribution in [3.8, 4) is 5.75 Å². The minimum Gasteiger partial charge on any atom is -0.489 e. The maximum atomic E-state index is 14.0. The number of nitrogens with one attached hydrogen (secondary N) is 2. The summed E-state index contributed by atoms with van der Waals surface area (Å²) in [6.07, 6.45) is -0.257. The average Bonchev–Trinajstić information content (AvgIpc) is 3.64. The monoisotopic (exact) mass is 649 g/mol. The maximum absolute atomic E-state index is 14.0. The molecule has 0 spiro atoms. The van der Waals surface area contributed by atoms with Gasteiger partial charge in [-0.25, -0.2) is 0 Å². The number of para-hydroxylation sites is 1. The van der Waals surface area contributed by atoms with E-state index in [2.05, 4.69) is 36.3 Å². The van der Waals surface area contributed by atoms with Crippen LogP contribution < -0.4 is 15.4 Å². The molecule has 2 amide bonds. The van der Waals surface area contributed by atoms with Crippen molar-refractivity contribution in [1.29, 1.82) is 0 Å². The molecule has 0 bridgehead atoms. The molecular weight excluding hydrogens is 602 g/mol. The summed E-state index contributed by atoms with van der Waals surface area (Å²) >= 11 is 0. The highest BCUT2D eigenvalue weighted by molar-refractivity contribution is 5.87. The third kappa shape index (κ3) is 7.73. The average molecular weight is 650 g/mol. The van der Waals surface area contributed by atoms with Crippen molar-refractivity contribution in [2.75, 3.05) is 13.1 Å². The molecule has 6 rings (SSSR count). The fourth-order valence-electron chi connectivity index (χ4n) is 7.35. The van der Waals surface area contributed by atoms with Crippen molar-refractivity contribution < 1.29 is 24.5 Å². The van der Waals surface area contributed by atoms with Gasteiger partial charge in [-0.15, -0.1) is 0 Å². The van der Waals surface area contributed by atoms with Gasteiger partial charge in [-0.3, -0.25) is 14.5 Å². The van der Waals surface area contributed by atoms with Gasteiger partial charge in [0, 0.05) is 37.4 Å². The summed E-state index contributed by atoms with van der Waals surface area (Å²) in [6.45, 7) is 6.89. The lowest BCUT2D eigenvalue weighted by atomic mass is 9.89. The third-order valence-electron chi connectivity index (χ3n) is 9.76. The van der Waals surface area contributed by atoms with Gasteiger partial charge in [0.15, 0.2) is 0 Å². The van der Waals surface area contributed by atoms with Crippen LogP contribution >= 0.6 is 0 Å². The predicted molar refractivity (Wildman–Crippen MR) is 188 cm³/mol. The van der Waals surface area contributed by atoms with E-state index in [1.807, 2.05) is 97.1 Å². The van der Waals surface area contributed by atoms with Crippen LogP contribution in [0.2, 0.25) is 0 Å². The van der Waals surface area contributed by atoms with Crippen molar-refractivity contribution in [2.45, 2.75) is 82.4 Å². The number of aliphatic hydroxyl groups is 2. The first-order valence-electron chi connectivity index (χ1n) is 17.0. The number of ether oxygens (including phenoxy) is 1. The zero-order valence-corrected chi connectivity index (χ0v) is 28.0. The number of amides is 2. The molecule has 1 aliphatic carbocycles. The molecule has 8 nitrogen and oxygen atoms in total. The highest BCUT2D eigenvalue weighted by atomic mass is 16.5. The first-order chi connectivity index (χ1) is 23.1. The molecule has 1 heterocycles. The predicted octanol–water partition coefficient (Wildman–Crippen LogP) is 4.96. The van der Waals surface area contributed by atoms with E-state index in [-0.39, 0.29) is 36.4 Å². The number of carbonyl (C=O) groups is 2. The Morgan fingerprint density at radius 1 is 0.938 bits per heavy atom. The Labute approximate surface area is 283 Å². The summed E-state index contributed by atoms with van der Waals surface area (Å²) in [6, 6.07) is 30.6. The lowest BCUT2D eigenvalue weighted by Crippen LogP contribution is -2.52. The molecule has 0 radical (unpaired) electrons. The molecule has 1 fully saturated rings. The highest BCUT2D eigenvalue weighted by Gasteiger charge is 2.43. The lowest BCUT2D eigenvalue weighted by molar-refractivity contribution is -0.128. The van der Waals surface area contributed by atoms with Crippen LogP contribution in [0.3, 0.4) is 0 Å². The Morgan fingerprint density at radius 3 is 2.44 bits per heavy atom. The molecule has 48 heavy (non-hydrogen) atoms. The highest BCUT2D eigenvalue weighted by Crippen LogP contribution is 2.33. The topological polar surface area (TPSA) is 111 Å². The first-order valence-corrected chi connectivity index (χ1v) is 17.0. The van der Waals surface area contributed by atoms with Crippen LogP contribution in [0.15, 0.2) is 97.1 Å². The summed E-state index contributed by atoms with van der Waals surface area (Å²) in [4.78, 5) is 29.8. The number of benzene rings is 4. The molecule has 1 aliphatic heterocycles. The van der Waals surface area contributed by atoms with Crippen LogP contribution in [0.1, 0.15) is 56.3 Å². The van der Waals surface area contributed by atoms with E-state index in [4.69, 9.17) is 4.74 Å². The fourth-order valence-corrected chi connectivity index (χ4v) is 7.35. The molecular formula is C40H47N3O5. The van der Waals surface area contributed by atoms with E-state index < -0.39 is 30.2 Å². The summed E-state index contributed by atoms with van der Waals surface area (Å²) in [7, 11) is 0. The lowest BCUT2D eigenvalue weighted by Gasteiger charge is -2.36. The van der Waals surface area contributed by atoms with Gasteiger partial charge in [-0.05, 0) is 73.2 Å². The number of rotatable bonds is 11. The fraction of sp³-hybridized carbons (Fsp3) is 0.400. The number of carbonyl (C=O) groups excluding carboxylic acids is 2. The Hall–Kier alpha value is -4.24. The second-order valence-corrected chi connectivity index (χ2v) is 14.3. The number of fused-ring (bicyclic) bond motifs is 2. The number of likely N-dealkylation sites (tertiary alicyclic amines) is 1. The van der Waals surface area contributed by atoms with Gasteiger partial charge < -0.3 is 25.6 Å². The molecule has 1 saturated heterocycles.